The lowest BCUT2D eigenvalue weighted by atomic mass is 9.70. The van der Waals surface area contributed by atoms with Gasteiger partial charge in [-0.3, -0.25) is 0 Å². The first-order valence-electron chi connectivity index (χ1n) is 23.6. The quantitative estimate of drug-likeness (QED) is 0.166. The standard InChI is InChI=1S/C65H44N2O/c1-41-17-13-23-45(37-41)66(58-32-15-21-43-19-3-5-25-48(43)58)47-35-36-52-56(39-47)65(54-30-10-7-27-50(54)51-28-8-11-31-55(51)65)57-40-60(63-53-29-9-12-34-61(53)68-64(63)62(52)57)67(46-24-14-18-42(2)38-46)59-33-16-22-44-20-4-6-26-49(44)59/h3-40H,1-2H3. The second-order valence-electron chi connectivity index (χ2n) is 18.5. The average Bonchev–Trinajstić information content (AvgIpc) is 4.01. The van der Waals surface area contributed by atoms with Crippen molar-refractivity contribution in [3.8, 4) is 22.3 Å². The SMILES string of the molecule is Cc1cccc(N(c2ccc3c(c2)C2(c4ccccc4-c4ccccc42)c2cc(N(c4cccc(C)c4)c4cccc5ccccc45)c4c(oc5ccccc54)c2-3)c2cccc3ccccc23)c1. The molecule has 2 aliphatic carbocycles. The van der Waals surface area contributed by atoms with Crippen LogP contribution >= 0.6 is 0 Å². The molecule has 0 saturated carbocycles. The molecule has 2 aliphatic rings. The smallest absolute Gasteiger partial charge is 0.145 e. The van der Waals surface area contributed by atoms with Gasteiger partial charge in [-0.25, -0.2) is 0 Å². The van der Waals surface area contributed by atoms with E-state index >= 15 is 0 Å². The van der Waals surface area contributed by atoms with Crippen LogP contribution in [0.4, 0.5) is 34.1 Å². The van der Waals surface area contributed by atoms with E-state index in [2.05, 4.69) is 254 Å². The van der Waals surface area contributed by atoms with Crippen LogP contribution in [0.2, 0.25) is 0 Å². The van der Waals surface area contributed by atoms with Gasteiger partial charge in [0, 0.05) is 38.8 Å². The summed E-state index contributed by atoms with van der Waals surface area (Å²) < 4.78 is 7.35. The van der Waals surface area contributed by atoms with E-state index in [0.717, 1.165) is 61.6 Å². The van der Waals surface area contributed by atoms with Crippen molar-refractivity contribution in [1.29, 1.82) is 0 Å². The van der Waals surface area contributed by atoms with Crippen molar-refractivity contribution in [1.82, 2.24) is 0 Å². The van der Waals surface area contributed by atoms with E-state index in [1.54, 1.807) is 0 Å². The lowest BCUT2D eigenvalue weighted by Gasteiger charge is -2.34. The van der Waals surface area contributed by atoms with E-state index in [4.69, 9.17) is 4.42 Å². The molecular formula is C65H44N2O. The Kier molecular flexibility index (Phi) is 8.33. The number of para-hydroxylation sites is 1. The number of hydrogen-bond acceptors (Lipinski definition) is 3. The van der Waals surface area contributed by atoms with Crippen molar-refractivity contribution in [2.45, 2.75) is 19.3 Å². The van der Waals surface area contributed by atoms with Crippen LogP contribution in [0.15, 0.2) is 235 Å². The molecule has 0 amide bonds. The zero-order valence-corrected chi connectivity index (χ0v) is 37.7. The zero-order chi connectivity index (χ0) is 45.1. The number of hydrogen-bond donors (Lipinski definition) is 0. The van der Waals surface area contributed by atoms with Crippen LogP contribution < -0.4 is 9.80 Å². The lowest BCUT2D eigenvalue weighted by molar-refractivity contribution is 0.669. The van der Waals surface area contributed by atoms with E-state index < -0.39 is 5.41 Å². The number of benzene rings is 11. The Morgan fingerprint density at radius 2 is 0.868 bits per heavy atom. The Labute approximate surface area is 395 Å². The molecule has 14 rings (SSSR count). The Hall–Kier alpha value is -8.66. The Bertz CT molecular complexity index is 3990. The maximum atomic E-state index is 7.35. The lowest BCUT2D eigenvalue weighted by Crippen LogP contribution is -2.26. The Balaban J connectivity index is 1.14. The highest BCUT2D eigenvalue weighted by molar-refractivity contribution is 6.20. The average molecular weight is 869 g/mol. The van der Waals surface area contributed by atoms with Gasteiger partial charge in [0.1, 0.15) is 11.2 Å². The van der Waals surface area contributed by atoms with Crippen molar-refractivity contribution < 1.29 is 4.42 Å². The van der Waals surface area contributed by atoms with Crippen LogP contribution in [0.25, 0.3) is 65.7 Å². The first-order valence-corrected chi connectivity index (χ1v) is 23.6. The van der Waals surface area contributed by atoms with Gasteiger partial charge in [-0.05, 0) is 135 Å². The van der Waals surface area contributed by atoms with Gasteiger partial charge in [-0.1, -0.05) is 170 Å². The molecule has 320 valence electrons. The van der Waals surface area contributed by atoms with Crippen LogP contribution in [0.1, 0.15) is 33.4 Å². The van der Waals surface area contributed by atoms with Crippen LogP contribution in [-0.2, 0) is 5.41 Å². The molecular weight excluding hydrogens is 825 g/mol. The predicted molar refractivity (Wildman–Crippen MR) is 284 cm³/mol. The molecule has 0 radical (unpaired) electrons. The zero-order valence-electron chi connectivity index (χ0n) is 37.7. The monoisotopic (exact) mass is 868 g/mol. The van der Waals surface area contributed by atoms with Gasteiger partial charge < -0.3 is 14.2 Å². The van der Waals surface area contributed by atoms with E-state index in [9.17, 15) is 0 Å². The van der Waals surface area contributed by atoms with Gasteiger partial charge in [0.15, 0.2) is 0 Å². The fourth-order valence-electron chi connectivity index (χ4n) is 12.0. The van der Waals surface area contributed by atoms with Gasteiger partial charge >= 0.3 is 0 Å². The Morgan fingerprint density at radius 3 is 1.51 bits per heavy atom. The minimum absolute atomic E-state index is 0.691. The number of anilines is 6. The van der Waals surface area contributed by atoms with Crippen molar-refractivity contribution in [2.75, 3.05) is 9.80 Å². The fourth-order valence-corrected chi connectivity index (χ4v) is 12.0. The fraction of sp³-hybridized carbons (Fsp3) is 0.0462. The molecule has 1 aromatic heterocycles. The van der Waals surface area contributed by atoms with Crippen molar-refractivity contribution in [3.05, 3.63) is 264 Å². The molecule has 11 aromatic carbocycles. The molecule has 0 saturated heterocycles. The van der Waals surface area contributed by atoms with E-state index in [0.29, 0.717) is 0 Å². The van der Waals surface area contributed by atoms with Crippen molar-refractivity contribution in [3.63, 3.8) is 0 Å². The molecule has 68 heavy (non-hydrogen) atoms. The number of rotatable bonds is 6. The normalized spacial score (nSPS) is 13.0. The Morgan fingerprint density at radius 1 is 0.353 bits per heavy atom. The summed E-state index contributed by atoms with van der Waals surface area (Å²) in [5, 5.41) is 6.96. The van der Waals surface area contributed by atoms with Gasteiger partial charge in [0.25, 0.3) is 0 Å². The largest absolute Gasteiger partial charge is 0.455 e. The summed E-state index contributed by atoms with van der Waals surface area (Å²) in [6.45, 7) is 4.37. The molecule has 0 unspecified atom stereocenters. The van der Waals surface area contributed by atoms with Crippen LogP contribution in [-0.4, -0.2) is 0 Å². The second kappa shape index (κ2) is 14.7. The maximum absolute atomic E-state index is 7.35. The summed E-state index contributed by atoms with van der Waals surface area (Å²) in [7, 11) is 0. The van der Waals surface area contributed by atoms with Crippen molar-refractivity contribution >= 4 is 77.6 Å². The summed E-state index contributed by atoms with van der Waals surface area (Å²) in [5.74, 6) is 0. The minimum atomic E-state index is -0.691. The highest BCUT2D eigenvalue weighted by Gasteiger charge is 2.53. The molecule has 0 bridgehead atoms. The molecule has 0 aliphatic heterocycles. The van der Waals surface area contributed by atoms with E-state index in [1.165, 1.54) is 71.6 Å². The first-order chi connectivity index (χ1) is 33.6. The third-order valence-corrected chi connectivity index (χ3v) is 14.7. The summed E-state index contributed by atoms with van der Waals surface area (Å²) in [4.78, 5) is 4.95. The highest BCUT2D eigenvalue weighted by Crippen LogP contribution is 2.66. The number of aryl methyl sites for hydroxylation is 2. The van der Waals surface area contributed by atoms with Crippen LogP contribution in [0.3, 0.4) is 0 Å². The number of nitrogens with zero attached hydrogens (tertiary/aromatic N) is 2. The number of furan rings is 1. The molecule has 0 atom stereocenters. The van der Waals surface area contributed by atoms with Gasteiger partial charge in [-0.15, -0.1) is 0 Å². The topological polar surface area (TPSA) is 19.6 Å². The van der Waals surface area contributed by atoms with Gasteiger partial charge in [-0.2, -0.15) is 0 Å². The predicted octanol–water partition coefficient (Wildman–Crippen LogP) is 17.8. The maximum Gasteiger partial charge on any atom is 0.145 e. The third-order valence-electron chi connectivity index (χ3n) is 14.7. The van der Waals surface area contributed by atoms with Gasteiger partial charge in [0.2, 0.25) is 0 Å². The molecule has 0 N–H and O–H groups in total. The molecule has 12 aromatic rings. The summed E-state index contributed by atoms with van der Waals surface area (Å²) in [6, 6.07) is 85.2. The minimum Gasteiger partial charge on any atom is -0.455 e. The van der Waals surface area contributed by atoms with Crippen LogP contribution in [0, 0.1) is 13.8 Å². The van der Waals surface area contributed by atoms with E-state index in [-0.39, 0.29) is 0 Å². The molecule has 0 fully saturated rings. The summed E-state index contributed by atoms with van der Waals surface area (Å²) >= 11 is 0. The van der Waals surface area contributed by atoms with Crippen molar-refractivity contribution in [2.24, 2.45) is 0 Å². The summed E-state index contributed by atoms with van der Waals surface area (Å²) in [5.41, 5.74) is 20.0. The molecule has 1 heterocycles. The molecule has 3 nitrogen and oxygen atoms in total. The number of fused-ring (bicyclic) bond motifs is 16. The first kappa shape index (κ1) is 38.6. The van der Waals surface area contributed by atoms with Gasteiger partial charge in [0.05, 0.1) is 27.9 Å². The van der Waals surface area contributed by atoms with E-state index in [1.807, 2.05) is 0 Å². The summed E-state index contributed by atoms with van der Waals surface area (Å²) in [6.07, 6.45) is 0. The van der Waals surface area contributed by atoms with Crippen LogP contribution in [0.5, 0.6) is 0 Å². The molecule has 1 spiro atoms. The highest BCUT2D eigenvalue weighted by atomic mass is 16.3. The molecule has 3 heteroatoms. The third kappa shape index (κ3) is 5.41. The second-order valence-corrected chi connectivity index (χ2v) is 18.5.